The highest BCUT2D eigenvalue weighted by Gasteiger charge is 2.03. The number of alkyl halides is 2. The second kappa shape index (κ2) is 29.6. The Morgan fingerprint density at radius 1 is 0.917 bits per heavy atom. The molecule has 12 heavy (non-hydrogen) atoms. The zero-order valence-electron chi connectivity index (χ0n) is 4.17. The van der Waals surface area contributed by atoms with Crippen LogP contribution >= 0.6 is 48.0 Å². The first-order chi connectivity index (χ1) is 2.64. The summed E-state index contributed by atoms with van der Waals surface area (Å²) >= 11 is 10.3. The van der Waals surface area contributed by atoms with E-state index in [9.17, 15) is 0 Å². The van der Waals surface area contributed by atoms with Gasteiger partial charge in [0.2, 0.25) is 0 Å². The standard InChI is InChI=1S/C3H6Cl2O.4CH4.2ClH/c1-2(6)3(4)5;;;;;;/h2-3,6H,1H3;4*1H4;2*1H. The Morgan fingerprint density at radius 2 is 1.00 bits per heavy atom. The Bertz CT molecular complexity index is 36.4. The molecule has 1 atom stereocenters. The molecule has 0 rings (SSSR count). The molecule has 0 aliphatic heterocycles. The summed E-state index contributed by atoms with van der Waals surface area (Å²) in [5, 5.41) is 8.37. The lowest BCUT2D eigenvalue weighted by atomic mass is 10.5. The van der Waals surface area contributed by atoms with Gasteiger partial charge in [0, 0.05) is 0 Å². The van der Waals surface area contributed by atoms with Crippen LogP contribution in [-0.4, -0.2) is 16.0 Å². The molecule has 0 spiro atoms. The largest absolute Gasteiger partial charge is 0.391 e. The molecule has 0 aromatic heterocycles. The third kappa shape index (κ3) is 43.4. The van der Waals surface area contributed by atoms with E-state index in [-0.39, 0.29) is 54.5 Å². The van der Waals surface area contributed by atoms with Crippen molar-refractivity contribution in [3.05, 3.63) is 0 Å². The molecule has 0 aromatic rings. The average molecular weight is 266 g/mol. The maximum Gasteiger partial charge on any atom is 0.133 e. The summed E-state index contributed by atoms with van der Waals surface area (Å²) in [6, 6.07) is 0. The molecule has 0 aliphatic carbocycles. The van der Waals surface area contributed by atoms with E-state index >= 15 is 0 Å². The maximum atomic E-state index is 8.37. The van der Waals surface area contributed by atoms with Crippen molar-refractivity contribution in [3.8, 4) is 0 Å². The van der Waals surface area contributed by atoms with E-state index < -0.39 is 10.9 Å². The number of hydrogen-bond acceptors (Lipinski definition) is 1. The number of hydrogen-bond donors (Lipinski definition) is 1. The van der Waals surface area contributed by atoms with Crippen molar-refractivity contribution in [2.24, 2.45) is 0 Å². The second-order valence-corrected chi connectivity index (χ2v) is 2.24. The van der Waals surface area contributed by atoms with Crippen molar-refractivity contribution in [2.75, 3.05) is 0 Å². The van der Waals surface area contributed by atoms with Crippen LogP contribution in [0.15, 0.2) is 0 Å². The fourth-order valence-electron chi connectivity index (χ4n) is 0. The lowest BCUT2D eigenvalue weighted by Gasteiger charge is -1.99. The van der Waals surface area contributed by atoms with Crippen molar-refractivity contribution in [1.82, 2.24) is 0 Å². The predicted molar refractivity (Wildman–Crippen MR) is 68.6 cm³/mol. The predicted octanol–water partition coefficient (Wildman–Crippen LogP) is 4.56. The number of rotatable bonds is 1. The van der Waals surface area contributed by atoms with E-state index in [1.807, 2.05) is 0 Å². The van der Waals surface area contributed by atoms with Gasteiger partial charge in [-0.25, -0.2) is 0 Å². The number of halogens is 4. The third-order valence-electron chi connectivity index (χ3n) is 0.365. The van der Waals surface area contributed by atoms with Gasteiger partial charge in [-0.15, -0.1) is 48.0 Å². The molecule has 0 bridgehead atoms. The van der Waals surface area contributed by atoms with E-state index in [0.717, 1.165) is 0 Å². The summed E-state index contributed by atoms with van der Waals surface area (Å²) in [5.41, 5.74) is 0. The van der Waals surface area contributed by atoms with Crippen LogP contribution in [0.1, 0.15) is 36.6 Å². The number of aliphatic hydroxyl groups excluding tert-OH is 1. The van der Waals surface area contributed by atoms with Crippen molar-refractivity contribution >= 4 is 48.0 Å². The normalized spacial score (nSPS) is 7.75. The summed E-state index contributed by atoms with van der Waals surface area (Å²) < 4.78 is 0. The molecular weight excluding hydrogens is 242 g/mol. The molecule has 0 saturated heterocycles. The first-order valence-corrected chi connectivity index (χ1v) is 2.48. The van der Waals surface area contributed by atoms with Crippen LogP contribution in [0.25, 0.3) is 0 Å². The SMILES string of the molecule is C.C.C.C.CC(O)C(Cl)Cl.Cl.Cl. The third-order valence-corrected chi connectivity index (χ3v) is 1.09. The van der Waals surface area contributed by atoms with E-state index in [0.29, 0.717) is 0 Å². The molecule has 1 nitrogen and oxygen atoms in total. The minimum absolute atomic E-state index is 0. The Kier molecular flexibility index (Phi) is 127. The average Bonchev–Trinajstić information content (AvgIpc) is 1.36. The molecule has 0 radical (unpaired) electrons. The molecule has 86 valence electrons. The van der Waals surface area contributed by atoms with Crippen molar-refractivity contribution in [3.63, 3.8) is 0 Å². The molecule has 1 unspecified atom stereocenters. The van der Waals surface area contributed by atoms with Gasteiger partial charge in [-0.3, -0.25) is 0 Å². The molecule has 0 aliphatic rings. The van der Waals surface area contributed by atoms with Gasteiger partial charge in [-0.2, -0.15) is 0 Å². The van der Waals surface area contributed by atoms with E-state index in [4.69, 9.17) is 28.3 Å². The molecule has 1 N–H and O–H groups in total. The highest BCUT2D eigenvalue weighted by Crippen LogP contribution is 2.05. The van der Waals surface area contributed by atoms with Crippen molar-refractivity contribution in [1.29, 1.82) is 0 Å². The van der Waals surface area contributed by atoms with Crippen LogP contribution in [-0.2, 0) is 0 Å². The van der Waals surface area contributed by atoms with Gasteiger partial charge >= 0.3 is 0 Å². The van der Waals surface area contributed by atoms with E-state index in [1.165, 1.54) is 6.92 Å². The molecular formula is C7H24Cl4O. The van der Waals surface area contributed by atoms with Crippen molar-refractivity contribution in [2.45, 2.75) is 47.6 Å². The first-order valence-electron chi connectivity index (χ1n) is 1.61. The molecule has 0 saturated carbocycles. The summed E-state index contributed by atoms with van der Waals surface area (Å²) in [6.45, 7) is 1.53. The summed E-state index contributed by atoms with van der Waals surface area (Å²) in [4.78, 5) is -0.648. The van der Waals surface area contributed by atoms with Gasteiger partial charge in [0.1, 0.15) is 4.84 Å². The van der Waals surface area contributed by atoms with Crippen LogP contribution in [0.3, 0.4) is 0 Å². The van der Waals surface area contributed by atoms with Gasteiger partial charge < -0.3 is 5.11 Å². The lowest BCUT2D eigenvalue weighted by Crippen LogP contribution is -2.08. The Hall–Kier alpha value is 1.12. The van der Waals surface area contributed by atoms with Crippen LogP contribution < -0.4 is 0 Å². The molecule has 0 heterocycles. The van der Waals surface area contributed by atoms with Gasteiger partial charge in [0.05, 0.1) is 6.10 Å². The fraction of sp³-hybridized carbons (Fsp3) is 1.00. The summed E-state index contributed by atoms with van der Waals surface area (Å²) in [6.07, 6.45) is -0.617. The molecule has 0 amide bonds. The molecule has 5 heteroatoms. The van der Waals surface area contributed by atoms with Crippen LogP contribution in [0.2, 0.25) is 0 Å². The smallest absolute Gasteiger partial charge is 0.133 e. The Labute approximate surface area is 101 Å². The Morgan fingerprint density at radius 3 is 1.00 bits per heavy atom. The molecule has 0 aromatic carbocycles. The first kappa shape index (κ1) is 51.5. The van der Waals surface area contributed by atoms with E-state index in [2.05, 4.69) is 0 Å². The van der Waals surface area contributed by atoms with E-state index in [1.54, 1.807) is 0 Å². The zero-order chi connectivity index (χ0) is 5.15. The van der Waals surface area contributed by atoms with Crippen LogP contribution in [0, 0.1) is 0 Å². The summed E-state index contributed by atoms with van der Waals surface area (Å²) in [5.74, 6) is 0. The lowest BCUT2D eigenvalue weighted by molar-refractivity contribution is 0.209. The van der Waals surface area contributed by atoms with Crippen LogP contribution in [0.5, 0.6) is 0 Å². The van der Waals surface area contributed by atoms with Gasteiger partial charge in [0.15, 0.2) is 0 Å². The Balaban J connectivity index is -0.00000000833. The minimum atomic E-state index is -0.648. The maximum absolute atomic E-state index is 8.37. The highest BCUT2D eigenvalue weighted by atomic mass is 35.5. The fourth-order valence-corrected chi connectivity index (χ4v) is 0. The topological polar surface area (TPSA) is 20.2 Å². The highest BCUT2D eigenvalue weighted by molar-refractivity contribution is 6.44. The van der Waals surface area contributed by atoms with Crippen molar-refractivity contribution < 1.29 is 5.11 Å². The second-order valence-electron chi connectivity index (χ2n) is 1.08. The zero-order valence-corrected chi connectivity index (χ0v) is 7.32. The van der Waals surface area contributed by atoms with Gasteiger partial charge in [-0.05, 0) is 6.92 Å². The van der Waals surface area contributed by atoms with Crippen LogP contribution in [0.4, 0.5) is 0 Å². The molecule has 0 fully saturated rings. The minimum Gasteiger partial charge on any atom is -0.391 e. The van der Waals surface area contributed by atoms with Gasteiger partial charge in [0.25, 0.3) is 0 Å². The number of aliphatic hydroxyl groups is 1. The monoisotopic (exact) mass is 264 g/mol. The quantitative estimate of drug-likeness (QED) is 0.690. The van der Waals surface area contributed by atoms with Gasteiger partial charge in [-0.1, -0.05) is 29.7 Å². The summed E-state index contributed by atoms with van der Waals surface area (Å²) in [7, 11) is 0.